The van der Waals surface area contributed by atoms with Crippen LogP contribution >= 0.6 is 11.6 Å². The van der Waals surface area contributed by atoms with Gasteiger partial charge in [0.05, 0.1) is 23.3 Å². The van der Waals surface area contributed by atoms with Crippen LogP contribution in [0.5, 0.6) is 0 Å². The summed E-state index contributed by atoms with van der Waals surface area (Å²) in [7, 11) is 0. The minimum absolute atomic E-state index is 0.0661. The van der Waals surface area contributed by atoms with Crippen molar-refractivity contribution < 1.29 is 9.59 Å². The molecule has 1 aliphatic heterocycles. The van der Waals surface area contributed by atoms with E-state index in [-0.39, 0.29) is 17.9 Å². The molecular formula is C22H33ClN4O2. The Bertz CT molecular complexity index is 706. The van der Waals surface area contributed by atoms with Gasteiger partial charge in [-0.1, -0.05) is 43.5 Å². The lowest BCUT2D eigenvalue weighted by Crippen LogP contribution is -2.56. The number of piperazine rings is 1. The van der Waals surface area contributed by atoms with E-state index in [0.717, 1.165) is 32.6 Å². The zero-order chi connectivity index (χ0) is 20.8. The minimum Gasteiger partial charge on any atom is -0.352 e. The van der Waals surface area contributed by atoms with E-state index in [1.165, 1.54) is 19.3 Å². The van der Waals surface area contributed by atoms with Gasteiger partial charge >= 0.3 is 0 Å². The highest BCUT2D eigenvalue weighted by Crippen LogP contribution is 2.24. The van der Waals surface area contributed by atoms with E-state index in [4.69, 9.17) is 11.6 Å². The molecule has 29 heavy (non-hydrogen) atoms. The van der Waals surface area contributed by atoms with Gasteiger partial charge in [-0.2, -0.15) is 0 Å². The fraction of sp³-hybridized carbons (Fsp3) is 0.636. The summed E-state index contributed by atoms with van der Waals surface area (Å²) in [6.45, 7) is 7.67. The molecule has 3 rings (SSSR count). The molecule has 2 aliphatic rings. The minimum atomic E-state index is -0.136. The summed E-state index contributed by atoms with van der Waals surface area (Å²) in [6, 6.07) is 7.42. The second kappa shape index (κ2) is 10.4. The topological polar surface area (TPSA) is 64.7 Å². The van der Waals surface area contributed by atoms with Crippen molar-refractivity contribution in [1.29, 1.82) is 0 Å². The number of amides is 2. The molecule has 1 saturated carbocycles. The first kappa shape index (κ1) is 22.1. The van der Waals surface area contributed by atoms with Crippen LogP contribution in [0.25, 0.3) is 0 Å². The molecule has 1 heterocycles. The smallest absolute Gasteiger partial charge is 0.238 e. The largest absolute Gasteiger partial charge is 0.352 e. The summed E-state index contributed by atoms with van der Waals surface area (Å²) in [5.41, 5.74) is 0.639. The number of hydrogen-bond acceptors (Lipinski definition) is 4. The fourth-order valence-electron chi connectivity index (χ4n) is 4.26. The van der Waals surface area contributed by atoms with Crippen LogP contribution in [0.1, 0.15) is 39.5 Å². The number of carbonyl (C=O) groups excluding carboxylic acids is 2. The summed E-state index contributed by atoms with van der Waals surface area (Å²) >= 11 is 6.10. The fourth-order valence-corrected chi connectivity index (χ4v) is 4.45. The van der Waals surface area contributed by atoms with Gasteiger partial charge < -0.3 is 10.6 Å². The van der Waals surface area contributed by atoms with Crippen LogP contribution in [-0.4, -0.2) is 66.4 Å². The van der Waals surface area contributed by atoms with E-state index in [1.807, 2.05) is 19.1 Å². The van der Waals surface area contributed by atoms with Crippen LogP contribution in [0.2, 0.25) is 5.02 Å². The lowest BCUT2D eigenvalue weighted by atomic mass is 9.86. The number of para-hydroxylation sites is 1. The SMILES string of the molecule is C[C@H](C(=O)N[C@@H]1CCCC[C@@H]1C)N1CCN(CC(=O)Nc2ccccc2Cl)CC1. The van der Waals surface area contributed by atoms with E-state index in [0.29, 0.717) is 29.2 Å². The molecule has 1 aromatic rings. The number of benzene rings is 1. The van der Waals surface area contributed by atoms with Gasteiger partial charge in [0.25, 0.3) is 0 Å². The third-order valence-electron chi connectivity index (χ3n) is 6.29. The number of hydrogen-bond donors (Lipinski definition) is 2. The molecule has 0 radical (unpaired) electrons. The third kappa shape index (κ3) is 6.17. The predicted octanol–water partition coefficient (Wildman–Crippen LogP) is 2.98. The van der Waals surface area contributed by atoms with Gasteiger partial charge in [0.2, 0.25) is 11.8 Å². The number of rotatable bonds is 6. The Morgan fingerprint density at radius 1 is 1.14 bits per heavy atom. The van der Waals surface area contributed by atoms with E-state index in [1.54, 1.807) is 12.1 Å². The molecule has 1 saturated heterocycles. The summed E-state index contributed by atoms with van der Waals surface area (Å²) in [6.07, 6.45) is 4.77. The highest BCUT2D eigenvalue weighted by atomic mass is 35.5. The second-order valence-electron chi connectivity index (χ2n) is 8.39. The van der Waals surface area contributed by atoms with Gasteiger partial charge in [-0.15, -0.1) is 0 Å². The Labute approximate surface area is 179 Å². The first-order valence-electron chi connectivity index (χ1n) is 10.7. The van der Waals surface area contributed by atoms with Gasteiger partial charge in [-0.05, 0) is 37.8 Å². The van der Waals surface area contributed by atoms with Gasteiger partial charge in [0, 0.05) is 32.2 Å². The van der Waals surface area contributed by atoms with Crippen LogP contribution in [0, 0.1) is 5.92 Å². The van der Waals surface area contributed by atoms with Crippen molar-refractivity contribution >= 4 is 29.1 Å². The van der Waals surface area contributed by atoms with Crippen LogP contribution in [0.3, 0.4) is 0 Å². The van der Waals surface area contributed by atoms with Crippen LogP contribution in [0.15, 0.2) is 24.3 Å². The number of nitrogens with zero attached hydrogens (tertiary/aromatic N) is 2. The number of anilines is 1. The zero-order valence-electron chi connectivity index (χ0n) is 17.5. The summed E-state index contributed by atoms with van der Waals surface area (Å²) < 4.78 is 0. The molecule has 2 N–H and O–H groups in total. The first-order chi connectivity index (χ1) is 13.9. The molecule has 0 unspecified atom stereocenters. The number of halogens is 1. The van der Waals surface area contributed by atoms with Crippen molar-refractivity contribution in [3.05, 3.63) is 29.3 Å². The first-order valence-corrected chi connectivity index (χ1v) is 11.1. The average Bonchev–Trinajstić information content (AvgIpc) is 2.71. The molecule has 1 aromatic carbocycles. The lowest BCUT2D eigenvalue weighted by molar-refractivity contribution is -0.128. The molecule has 160 valence electrons. The average molecular weight is 421 g/mol. The van der Waals surface area contributed by atoms with Crippen molar-refractivity contribution in [2.24, 2.45) is 5.92 Å². The lowest BCUT2D eigenvalue weighted by Gasteiger charge is -2.38. The Morgan fingerprint density at radius 3 is 2.52 bits per heavy atom. The van der Waals surface area contributed by atoms with Gasteiger partial charge in [-0.25, -0.2) is 0 Å². The monoisotopic (exact) mass is 420 g/mol. The van der Waals surface area contributed by atoms with Crippen molar-refractivity contribution in [3.63, 3.8) is 0 Å². The van der Waals surface area contributed by atoms with Crippen molar-refractivity contribution in [2.75, 3.05) is 38.0 Å². The Balaban J connectivity index is 1.41. The molecule has 0 aromatic heterocycles. The van der Waals surface area contributed by atoms with E-state index < -0.39 is 0 Å². The molecule has 3 atom stereocenters. The number of carbonyl (C=O) groups is 2. The highest BCUT2D eigenvalue weighted by molar-refractivity contribution is 6.33. The van der Waals surface area contributed by atoms with Crippen molar-refractivity contribution in [3.8, 4) is 0 Å². The summed E-state index contributed by atoms with van der Waals surface area (Å²) in [5.74, 6) is 0.630. The normalized spacial score (nSPS) is 24.7. The Morgan fingerprint density at radius 2 is 1.83 bits per heavy atom. The maximum atomic E-state index is 12.7. The van der Waals surface area contributed by atoms with Crippen LogP contribution in [-0.2, 0) is 9.59 Å². The Hall–Kier alpha value is -1.63. The molecule has 0 bridgehead atoms. The molecular weight excluding hydrogens is 388 g/mol. The van der Waals surface area contributed by atoms with E-state index in [9.17, 15) is 9.59 Å². The summed E-state index contributed by atoms with van der Waals surface area (Å²) in [5, 5.41) is 6.68. The second-order valence-corrected chi connectivity index (χ2v) is 8.80. The molecule has 2 amide bonds. The third-order valence-corrected chi connectivity index (χ3v) is 6.62. The zero-order valence-corrected chi connectivity index (χ0v) is 18.3. The van der Waals surface area contributed by atoms with Gasteiger partial charge in [0.1, 0.15) is 0 Å². The predicted molar refractivity (Wildman–Crippen MR) is 117 cm³/mol. The molecule has 0 spiro atoms. The maximum Gasteiger partial charge on any atom is 0.238 e. The van der Waals surface area contributed by atoms with Gasteiger partial charge in [0.15, 0.2) is 0 Å². The van der Waals surface area contributed by atoms with Crippen molar-refractivity contribution in [1.82, 2.24) is 15.1 Å². The molecule has 2 fully saturated rings. The van der Waals surface area contributed by atoms with Gasteiger partial charge in [-0.3, -0.25) is 19.4 Å². The maximum absolute atomic E-state index is 12.7. The number of nitrogens with one attached hydrogen (secondary N) is 2. The van der Waals surface area contributed by atoms with E-state index >= 15 is 0 Å². The molecule has 7 heteroatoms. The summed E-state index contributed by atoms with van der Waals surface area (Å²) in [4.78, 5) is 29.4. The van der Waals surface area contributed by atoms with Crippen LogP contribution < -0.4 is 10.6 Å². The quantitative estimate of drug-likeness (QED) is 0.742. The van der Waals surface area contributed by atoms with Crippen LogP contribution in [0.4, 0.5) is 5.69 Å². The highest BCUT2D eigenvalue weighted by Gasteiger charge is 2.29. The standard InChI is InChI=1S/C22H33ClN4O2/c1-16-7-3-5-9-19(16)25-22(29)17(2)27-13-11-26(12-14-27)15-21(28)24-20-10-6-4-8-18(20)23/h4,6,8,10,16-17,19H,3,5,7,9,11-15H2,1-2H3,(H,24,28)(H,25,29)/t16-,17+,19+/m0/s1. The van der Waals surface area contributed by atoms with Crippen molar-refractivity contribution in [2.45, 2.75) is 51.6 Å². The Kier molecular flexibility index (Phi) is 7.92. The molecule has 1 aliphatic carbocycles. The van der Waals surface area contributed by atoms with E-state index in [2.05, 4.69) is 27.4 Å². The molecule has 6 nitrogen and oxygen atoms in total.